The molecule has 0 amide bonds. The van der Waals surface area contributed by atoms with Crippen molar-refractivity contribution in [3.05, 3.63) is 111 Å². The van der Waals surface area contributed by atoms with Gasteiger partial charge in [-0.15, -0.1) is 0 Å². The minimum Gasteiger partial charge on any atom is -0.478 e. The van der Waals surface area contributed by atoms with Gasteiger partial charge < -0.3 is 23.7 Å². The van der Waals surface area contributed by atoms with E-state index in [-0.39, 0.29) is 5.41 Å². The highest BCUT2D eigenvalue weighted by atomic mass is 16.5. The molecule has 0 saturated heterocycles. The molecule has 10 nitrogen and oxygen atoms in total. The van der Waals surface area contributed by atoms with Gasteiger partial charge in [-0.1, -0.05) is 18.2 Å². The molecule has 5 heterocycles. The zero-order valence-corrected chi connectivity index (χ0v) is 31.6. The second-order valence-electron chi connectivity index (χ2n) is 15.5. The predicted octanol–water partition coefficient (Wildman–Crippen LogP) is 5.94. The number of hydrogen-bond donors (Lipinski definition) is 0. The topological polar surface area (TPSA) is 62.4 Å². The molecule has 5 aliphatic heterocycles. The van der Waals surface area contributed by atoms with Crippen LogP contribution in [0.2, 0.25) is 0 Å². The number of rotatable bonds is 3. The predicted molar refractivity (Wildman–Crippen MR) is 201 cm³/mol. The third-order valence-electron chi connectivity index (χ3n) is 11.0. The van der Waals surface area contributed by atoms with Gasteiger partial charge in [-0.2, -0.15) is 0 Å². The molecule has 0 radical (unpaired) electrons. The Balaban J connectivity index is 0.000000190. The quantitative estimate of drug-likeness (QED) is 0.240. The molecule has 0 unspecified atom stereocenters. The third kappa shape index (κ3) is 6.58. The molecule has 9 rings (SSSR count). The van der Waals surface area contributed by atoms with Gasteiger partial charge in [0.25, 0.3) is 0 Å². The average molecular weight is 706 g/mol. The second-order valence-corrected chi connectivity index (χ2v) is 15.5. The highest BCUT2D eigenvalue weighted by Gasteiger charge is 2.35. The molecule has 0 aliphatic carbocycles. The number of benzene rings is 4. The first kappa shape index (κ1) is 34.7. The van der Waals surface area contributed by atoms with Crippen molar-refractivity contribution in [1.29, 1.82) is 0 Å². The van der Waals surface area contributed by atoms with E-state index in [1.165, 1.54) is 50.1 Å². The molecular weight excluding hydrogens is 654 g/mol. The van der Waals surface area contributed by atoms with Crippen molar-refractivity contribution in [1.82, 2.24) is 24.5 Å². The standard InChI is InChI=1S/C29H33N3O3.C13H18N2O2/c1-29(23-5-8-26-20(11-23)14-30(2)17-33-26,24-6-9-27-21(12-24)15-31(3)18-34-27)25-7-10-28-22(13-25)16-32(4)19-35-28;1-9-11-6-15(3)7-16-12(11)4-10-5-14(2)8-17-13(9)10/h5-13H,14-19H2,1-4H3;4H,5-8H2,1-3H3. The van der Waals surface area contributed by atoms with E-state index in [0.717, 1.165) is 61.5 Å². The Bertz CT molecular complexity index is 1830. The maximum absolute atomic E-state index is 5.97. The first-order valence-corrected chi connectivity index (χ1v) is 18.2. The molecule has 0 atom stereocenters. The maximum atomic E-state index is 5.97. The number of ether oxygens (including phenoxy) is 5. The van der Waals surface area contributed by atoms with Crippen molar-refractivity contribution < 1.29 is 23.7 Å². The van der Waals surface area contributed by atoms with Gasteiger partial charge in [-0.05, 0) is 114 Å². The van der Waals surface area contributed by atoms with Crippen LogP contribution >= 0.6 is 0 Å². The summed E-state index contributed by atoms with van der Waals surface area (Å²) in [6.07, 6.45) is 0. The SMILES string of the molecule is CN1COc2ccc(C(C)(c3ccc4c(c3)CN(C)CO4)c3ccc4c(c3)CN(C)CO4)cc2C1.Cc1c2c(cc3c1OCN(C)C3)OCN(C)C2. The van der Waals surface area contributed by atoms with E-state index < -0.39 is 0 Å². The fourth-order valence-corrected chi connectivity index (χ4v) is 8.04. The first-order chi connectivity index (χ1) is 25.0. The Hall–Kier alpha value is -4.32. The molecule has 274 valence electrons. The minimum absolute atomic E-state index is 0.360. The van der Waals surface area contributed by atoms with Crippen LogP contribution in [0.5, 0.6) is 28.7 Å². The average Bonchev–Trinajstić information content (AvgIpc) is 3.14. The summed E-state index contributed by atoms with van der Waals surface area (Å²) in [5.74, 6) is 5.03. The number of hydrogen-bond acceptors (Lipinski definition) is 10. The molecule has 0 N–H and O–H groups in total. The minimum atomic E-state index is -0.360. The van der Waals surface area contributed by atoms with E-state index in [1.807, 2.05) is 0 Å². The van der Waals surface area contributed by atoms with Gasteiger partial charge in [0.1, 0.15) is 62.4 Å². The van der Waals surface area contributed by atoms with Gasteiger partial charge >= 0.3 is 0 Å². The third-order valence-corrected chi connectivity index (χ3v) is 11.0. The molecule has 0 aromatic heterocycles. The van der Waals surface area contributed by atoms with Crippen LogP contribution in [0.25, 0.3) is 0 Å². The van der Waals surface area contributed by atoms with Crippen LogP contribution in [0.1, 0.15) is 57.0 Å². The Morgan fingerprint density at radius 3 is 1.25 bits per heavy atom. The van der Waals surface area contributed by atoms with E-state index in [4.69, 9.17) is 23.7 Å². The summed E-state index contributed by atoms with van der Waals surface area (Å²) in [5.41, 5.74) is 10.8. The van der Waals surface area contributed by atoms with Gasteiger partial charge in [0.05, 0.1) is 0 Å². The molecule has 5 aliphatic rings. The summed E-state index contributed by atoms with van der Waals surface area (Å²) >= 11 is 0. The van der Waals surface area contributed by atoms with E-state index in [1.54, 1.807) is 0 Å². The zero-order valence-electron chi connectivity index (χ0n) is 31.6. The maximum Gasteiger partial charge on any atom is 0.142 e. The Labute approximate surface area is 308 Å². The number of fused-ring (bicyclic) bond motifs is 5. The van der Waals surface area contributed by atoms with Crippen molar-refractivity contribution in [3.8, 4) is 28.7 Å². The van der Waals surface area contributed by atoms with Crippen LogP contribution in [-0.4, -0.2) is 93.4 Å². The molecule has 0 bridgehead atoms. The van der Waals surface area contributed by atoms with E-state index in [0.29, 0.717) is 33.7 Å². The van der Waals surface area contributed by atoms with Crippen molar-refractivity contribution in [3.63, 3.8) is 0 Å². The van der Waals surface area contributed by atoms with Crippen molar-refractivity contribution >= 4 is 0 Å². The van der Waals surface area contributed by atoms with E-state index in [2.05, 4.69) is 134 Å². The smallest absolute Gasteiger partial charge is 0.142 e. The van der Waals surface area contributed by atoms with Gasteiger partial charge in [0.15, 0.2) is 0 Å². The van der Waals surface area contributed by atoms with Crippen LogP contribution in [0.15, 0.2) is 60.7 Å². The molecule has 4 aromatic carbocycles. The van der Waals surface area contributed by atoms with E-state index in [9.17, 15) is 0 Å². The monoisotopic (exact) mass is 705 g/mol. The fourth-order valence-electron chi connectivity index (χ4n) is 8.04. The largest absolute Gasteiger partial charge is 0.478 e. The molecular formula is C42H51N5O5. The van der Waals surface area contributed by atoms with Crippen molar-refractivity contribution in [2.75, 3.05) is 68.9 Å². The van der Waals surface area contributed by atoms with E-state index >= 15 is 0 Å². The van der Waals surface area contributed by atoms with Gasteiger partial charge in [-0.3, -0.25) is 24.5 Å². The normalized spacial score (nSPS) is 19.1. The lowest BCUT2D eigenvalue weighted by Crippen LogP contribution is -2.32. The second kappa shape index (κ2) is 13.9. The molecule has 10 heteroatoms. The van der Waals surface area contributed by atoms with Crippen molar-refractivity contribution in [2.45, 2.75) is 52.0 Å². The van der Waals surface area contributed by atoms with Crippen LogP contribution in [-0.2, 0) is 38.1 Å². The fraction of sp³-hybridized carbons (Fsp3) is 0.429. The lowest BCUT2D eigenvalue weighted by atomic mass is 9.70. The van der Waals surface area contributed by atoms with Crippen LogP contribution in [0.3, 0.4) is 0 Å². The van der Waals surface area contributed by atoms with Crippen LogP contribution in [0, 0.1) is 6.92 Å². The first-order valence-electron chi connectivity index (χ1n) is 18.2. The summed E-state index contributed by atoms with van der Waals surface area (Å²) in [7, 11) is 10.4. The summed E-state index contributed by atoms with van der Waals surface area (Å²) in [4.78, 5) is 10.9. The molecule has 52 heavy (non-hydrogen) atoms. The van der Waals surface area contributed by atoms with Crippen LogP contribution in [0.4, 0.5) is 0 Å². The lowest BCUT2D eigenvalue weighted by Gasteiger charge is -2.36. The summed E-state index contributed by atoms with van der Waals surface area (Å²) in [6, 6.07) is 22.2. The summed E-state index contributed by atoms with van der Waals surface area (Å²) in [5, 5.41) is 0. The molecule has 0 saturated carbocycles. The Kier molecular flexibility index (Phi) is 9.30. The molecule has 4 aromatic rings. The van der Waals surface area contributed by atoms with Crippen molar-refractivity contribution in [2.24, 2.45) is 0 Å². The summed E-state index contributed by atoms with van der Waals surface area (Å²) < 4.78 is 29.5. The van der Waals surface area contributed by atoms with Gasteiger partial charge in [-0.25, -0.2) is 0 Å². The highest BCUT2D eigenvalue weighted by Crippen LogP contribution is 2.44. The number of nitrogens with zero attached hydrogens (tertiary/aromatic N) is 5. The zero-order chi connectivity index (χ0) is 36.1. The summed E-state index contributed by atoms with van der Waals surface area (Å²) in [6.45, 7) is 12.2. The van der Waals surface area contributed by atoms with Gasteiger partial charge in [0.2, 0.25) is 0 Å². The van der Waals surface area contributed by atoms with Crippen LogP contribution < -0.4 is 23.7 Å². The molecule has 0 spiro atoms. The highest BCUT2D eigenvalue weighted by molar-refractivity contribution is 5.57. The Morgan fingerprint density at radius 1 is 0.442 bits per heavy atom. The van der Waals surface area contributed by atoms with Gasteiger partial charge in [0, 0.05) is 66.0 Å². The Morgan fingerprint density at radius 2 is 0.808 bits per heavy atom. The lowest BCUT2D eigenvalue weighted by molar-refractivity contribution is 0.109. The molecule has 0 fully saturated rings.